The molecule has 0 aliphatic carbocycles. The van der Waals surface area contributed by atoms with Gasteiger partial charge in [-0.15, -0.1) is 5.10 Å². The van der Waals surface area contributed by atoms with Gasteiger partial charge in [-0.1, -0.05) is 67.2 Å². The fourth-order valence-electron chi connectivity index (χ4n) is 5.88. The van der Waals surface area contributed by atoms with E-state index in [1.165, 1.54) is 11.8 Å². The van der Waals surface area contributed by atoms with Crippen LogP contribution < -0.4 is 15.5 Å². The van der Waals surface area contributed by atoms with Crippen LogP contribution in [0.25, 0.3) is 22.5 Å². The van der Waals surface area contributed by atoms with Crippen LogP contribution >= 0.6 is 11.8 Å². The number of thioether (sulfide) groups is 1. The standard InChI is InChI=1S/C34H41BN7O6S/c1-3-35-14-17-42-33-24-10-5-4-9-23(24)20-40(26-12-7-6-11-25(26)32(33)38-39-42)30(45)13-16-37-29(44)22-48-18-8-15-36-28(43)21-41-31(46)19-27(49-2)34(41)47/h4-7,9-12,27H,3,8,13-22H2,1-2H3,(H,36,43)(H,37,44). The van der Waals surface area contributed by atoms with E-state index in [0.29, 0.717) is 19.5 Å². The molecular weight excluding hydrogens is 645 g/mol. The first kappa shape index (κ1) is 35.8. The molecule has 13 nitrogen and oxygen atoms in total. The number of benzene rings is 2. The lowest BCUT2D eigenvalue weighted by atomic mass is 9.72. The molecule has 3 aromatic rings. The zero-order valence-electron chi connectivity index (χ0n) is 27.9. The van der Waals surface area contributed by atoms with Crippen molar-refractivity contribution in [2.75, 3.05) is 44.0 Å². The lowest BCUT2D eigenvalue weighted by molar-refractivity contribution is -0.142. The van der Waals surface area contributed by atoms with Crippen LogP contribution in [0.1, 0.15) is 31.7 Å². The molecule has 5 rings (SSSR count). The van der Waals surface area contributed by atoms with Gasteiger partial charge in [-0.05, 0) is 24.3 Å². The quantitative estimate of drug-likeness (QED) is 0.131. The Morgan fingerprint density at radius 3 is 2.55 bits per heavy atom. The Hall–Kier alpha value is -4.50. The highest BCUT2D eigenvalue weighted by molar-refractivity contribution is 8.00. The average Bonchev–Trinajstić information content (AvgIpc) is 3.63. The first-order valence-electron chi connectivity index (χ1n) is 16.5. The van der Waals surface area contributed by atoms with Gasteiger partial charge < -0.3 is 20.3 Å². The fourth-order valence-corrected chi connectivity index (χ4v) is 6.51. The number of imide groups is 1. The minimum Gasteiger partial charge on any atom is -0.372 e. The number of carbonyl (C=O) groups excluding carboxylic acids is 5. The lowest BCUT2D eigenvalue weighted by Gasteiger charge is -2.28. The van der Waals surface area contributed by atoms with Crippen molar-refractivity contribution in [2.45, 2.75) is 57.2 Å². The van der Waals surface area contributed by atoms with E-state index in [4.69, 9.17) is 4.74 Å². The molecule has 15 heteroatoms. The minimum absolute atomic E-state index is 0.0837. The van der Waals surface area contributed by atoms with E-state index < -0.39 is 11.2 Å². The van der Waals surface area contributed by atoms with Crippen molar-refractivity contribution < 1.29 is 28.7 Å². The second kappa shape index (κ2) is 17.2. The van der Waals surface area contributed by atoms with E-state index in [9.17, 15) is 24.0 Å². The number of hydrogen-bond donors (Lipinski definition) is 2. The van der Waals surface area contributed by atoms with Crippen LogP contribution in [0.5, 0.6) is 0 Å². The SMILES string of the molecule is CC[B]CCn1nnc2c1-c1ccccc1CN(C(=O)CCNC(=O)COCCCNC(=O)CN1C(=O)CC(SC)C1=O)c1ccccc1-2. The molecule has 2 aromatic carbocycles. The number of aryl methyl sites for hydroxylation is 1. The molecule has 0 spiro atoms. The summed E-state index contributed by atoms with van der Waals surface area (Å²) in [5.74, 6) is -1.61. The molecule has 1 fully saturated rings. The number of anilines is 1. The summed E-state index contributed by atoms with van der Waals surface area (Å²) < 4.78 is 7.38. The zero-order chi connectivity index (χ0) is 34.8. The highest BCUT2D eigenvalue weighted by Crippen LogP contribution is 2.41. The number of carbonyl (C=O) groups is 5. The van der Waals surface area contributed by atoms with Gasteiger partial charge in [0.25, 0.3) is 0 Å². The molecule has 1 atom stereocenters. The van der Waals surface area contributed by atoms with Crippen molar-refractivity contribution in [3.8, 4) is 22.5 Å². The van der Waals surface area contributed by atoms with Crippen molar-refractivity contribution >= 4 is 54.3 Å². The number of likely N-dealkylation sites (tertiary alicyclic amines) is 1. The smallest absolute Gasteiger partial charge is 0.246 e. The topological polar surface area (TPSA) is 156 Å². The number of nitrogens with one attached hydrogen (secondary N) is 2. The first-order valence-corrected chi connectivity index (χ1v) is 17.8. The molecule has 0 bridgehead atoms. The number of ether oxygens (including phenoxy) is 1. The number of fused-ring (bicyclic) bond motifs is 5. The molecule has 3 heterocycles. The molecule has 0 saturated carbocycles. The van der Waals surface area contributed by atoms with Crippen molar-refractivity contribution in [3.05, 3.63) is 54.1 Å². The Morgan fingerprint density at radius 2 is 1.78 bits per heavy atom. The third kappa shape index (κ3) is 8.76. The summed E-state index contributed by atoms with van der Waals surface area (Å²) in [6.45, 7) is 3.32. The number of nitrogens with zero attached hydrogens (tertiary/aromatic N) is 5. The van der Waals surface area contributed by atoms with Crippen LogP contribution in [0.2, 0.25) is 12.6 Å². The van der Waals surface area contributed by atoms with E-state index in [2.05, 4.69) is 35.1 Å². The van der Waals surface area contributed by atoms with Crippen molar-refractivity contribution in [2.24, 2.45) is 0 Å². The van der Waals surface area contributed by atoms with Crippen LogP contribution in [0.4, 0.5) is 5.69 Å². The van der Waals surface area contributed by atoms with Gasteiger partial charge in [-0.2, -0.15) is 11.8 Å². The summed E-state index contributed by atoms with van der Waals surface area (Å²) in [5.41, 5.74) is 5.18. The molecular formula is C34H41BN7O6S. The Bertz CT molecular complexity index is 1680. The van der Waals surface area contributed by atoms with Gasteiger partial charge in [0.15, 0.2) is 0 Å². The fraction of sp³-hybridized carbons (Fsp3) is 0.441. The van der Waals surface area contributed by atoms with Crippen LogP contribution in [-0.2, 0) is 41.8 Å². The van der Waals surface area contributed by atoms with E-state index in [1.54, 1.807) is 11.2 Å². The van der Waals surface area contributed by atoms with E-state index >= 15 is 0 Å². The van der Waals surface area contributed by atoms with Crippen LogP contribution in [0, 0.1) is 0 Å². The van der Waals surface area contributed by atoms with Crippen molar-refractivity contribution in [1.29, 1.82) is 0 Å². The van der Waals surface area contributed by atoms with Gasteiger partial charge in [0.05, 0.1) is 23.2 Å². The Morgan fingerprint density at radius 1 is 1.02 bits per heavy atom. The van der Waals surface area contributed by atoms with E-state index in [0.717, 1.165) is 51.3 Å². The summed E-state index contributed by atoms with van der Waals surface area (Å²) >= 11 is 1.30. The largest absolute Gasteiger partial charge is 0.372 e. The summed E-state index contributed by atoms with van der Waals surface area (Å²) in [7, 11) is 2.22. The minimum atomic E-state index is -0.428. The molecule has 5 amide bonds. The molecule has 2 N–H and O–H groups in total. The molecule has 257 valence electrons. The zero-order valence-corrected chi connectivity index (χ0v) is 28.7. The van der Waals surface area contributed by atoms with Crippen LogP contribution in [0.3, 0.4) is 0 Å². The Balaban J connectivity index is 1.10. The second-order valence-corrected chi connectivity index (χ2v) is 12.8. The monoisotopic (exact) mass is 686 g/mol. The summed E-state index contributed by atoms with van der Waals surface area (Å²) in [6, 6.07) is 15.7. The third-order valence-electron chi connectivity index (χ3n) is 8.39. The van der Waals surface area contributed by atoms with E-state index in [1.807, 2.05) is 53.2 Å². The van der Waals surface area contributed by atoms with Gasteiger partial charge in [0, 0.05) is 50.2 Å². The summed E-state index contributed by atoms with van der Waals surface area (Å²) in [5, 5.41) is 14.1. The second-order valence-electron chi connectivity index (χ2n) is 11.8. The average molecular weight is 687 g/mol. The van der Waals surface area contributed by atoms with Gasteiger partial charge in [0.2, 0.25) is 29.5 Å². The molecule has 1 radical (unpaired) electrons. The highest BCUT2D eigenvalue weighted by Gasteiger charge is 2.38. The number of rotatable bonds is 16. The van der Waals surface area contributed by atoms with Crippen LogP contribution in [0.15, 0.2) is 48.5 Å². The predicted molar refractivity (Wildman–Crippen MR) is 188 cm³/mol. The Kier molecular flexibility index (Phi) is 12.6. The maximum absolute atomic E-state index is 13.7. The van der Waals surface area contributed by atoms with Crippen molar-refractivity contribution in [3.63, 3.8) is 0 Å². The number of aromatic nitrogens is 3. The molecule has 2 aliphatic rings. The predicted octanol–water partition coefficient (Wildman–Crippen LogP) is 2.54. The molecule has 1 aromatic heterocycles. The normalized spacial score (nSPS) is 15.2. The van der Waals surface area contributed by atoms with Crippen LogP contribution in [-0.4, -0.2) is 101 Å². The molecule has 1 unspecified atom stereocenters. The highest BCUT2D eigenvalue weighted by atomic mass is 32.2. The molecule has 2 aliphatic heterocycles. The van der Waals surface area contributed by atoms with E-state index in [-0.39, 0.29) is 69.3 Å². The summed E-state index contributed by atoms with van der Waals surface area (Å²) in [6.07, 6.45) is 4.25. The number of hydrogen-bond acceptors (Lipinski definition) is 9. The Labute approximate surface area is 290 Å². The first-order chi connectivity index (χ1) is 23.8. The van der Waals surface area contributed by atoms with Gasteiger partial charge in [-0.3, -0.25) is 28.9 Å². The maximum Gasteiger partial charge on any atom is 0.246 e. The lowest BCUT2D eigenvalue weighted by Crippen LogP contribution is -2.41. The maximum atomic E-state index is 13.7. The number of para-hydroxylation sites is 1. The number of amides is 5. The van der Waals surface area contributed by atoms with Gasteiger partial charge >= 0.3 is 0 Å². The van der Waals surface area contributed by atoms with Gasteiger partial charge in [-0.25, -0.2) is 4.68 Å². The molecule has 1 saturated heterocycles. The van der Waals surface area contributed by atoms with Gasteiger partial charge in [0.1, 0.15) is 26.1 Å². The van der Waals surface area contributed by atoms with Crippen molar-refractivity contribution in [1.82, 2.24) is 30.5 Å². The third-order valence-corrected chi connectivity index (χ3v) is 9.33. The summed E-state index contributed by atoms with van der Waals surface area (Å²) in [4.78, 5) is 65.2. The molecule has 49 heavy (non-hydrogen) atoms.